The summed E-state index contributed by atoms with van der Waals surface area (Å²) < 4.78 is 5.34. The maximum absolute atomic E-state index is 12.7. The minimum absolute atomic E-state index is 0.0861. The Morgan fingerprint density at radius 1 is 1.21 bits per heavy atom. The minimum atomic E-state index is -0.0861. The van der Waals surface area contributed by atoms with E-state index in [0.29, 0.717) is 18.2 Å². The molecular formula is C24H29N5O2S2. The van der Waals surface area contributed by atoms with Crippen LogP contribution in [0.1, 0.15) is 40.0 Å². The average Bonchev–Trinajstić information content (AvgIpc) is 3.51. The lowest BCUT2D eigenvalue weighted by atomic mass is 9.98. The number of nitrogens with zero attached hydrogens (tertiary/aromatic N) is 4. The molecule has 4 rings (SSSR count). The summed E-state index contributed by atoms with van der Waals surface area (Å²) in [6.45, 7) is 2.17. The zero-order valence-electron chi connectivity index (χ0n) is 19.2. The highest BCUT2D eigenvalue weighted by Crippen LogP contribution is 2.31. The molecule has 1 aliphatic heterocycles. The molecule has 0 atom stereocenters. The van der Waals surface area contributed by atoms with Gasteiger partial charge in [-0.3, -0.25) is 4.79 Å². The fourth-order valence-corrected chi connectivity index (χ4v) is 5.12. The third kappa shape index (κ3) is 5.72. The van der Waals surface area contributed by atoms with Crippen molar-refractivity contribution in [3.05, 3.63) is 64.5 Å². The number of likely N-dealkylation sites (tertiary alicyclic amines) is 1. The first-order chi connectivity index (χ1) is 15.9. The Morgan fingerprint density at radius 2 is 1.94 bits per heavy atom. The van der Waals surface area contributed by atoms with Gasteiger partial charge in [0.25, 0.3) is 5.91 Å². The Morgan fingerprint density at radius 3 is 2.58 bits per heavy atom. The molecular weight excluding hydrogens is 454 g/mol. The molecule has 3 heterocycles. The third-order valence-corrected chi connectivity index (χ3v) is 7.19. The Hall–Kier alpha value is -2.91. The number of aromatic nitrogens is 1. The van der Waals surface area contributed by atoms with Crippen molar-refractivity contribution in [3.8, 4) is 0 Å². The number of rotatable bonds is 6. The lowest BCUT2D eigenvalue weighted by Gasteiger charge is -2.33. The molecule has 33 heavy (non-hydrogen) atoms. The van der Waals surface area contributed by atoms with Gasteiger partial charge in [-0.1, -0.05) is 0 Å². The molecule has 174 valence electrons. The first kappa shape index (κ1) is 23.3. The van der Waals surface area contributed by atoms with Crippen LogP contribution in [0.4, 0.5) is 11.4 Å². The van der Waals surface area contributed by atoms with Gasteiger partial charge in [0.2, 0.25) is 0 Å². The van der Waals surface area contributed by atoms with Gasteiger partial charge >= 0.3 is 0 Å². The summed E-state index contributed by atoms with van der Waals surface area (Å²) in [7, 11) is 5.82. The molecule has 0 unspecified atom stereocenters. The van der Waals surface area contributed by atoms with Gasteiger partial charge in [-0.05, 0) is 61.5 Å². The summed E-state index contributed by atoms with van der Waals surface area (Å²) in [5.41, 5.74) is 2.65. The number of thiocarbonyl (C=S) groups is 1. The molecule has 0 radical (unpaired) electrons. The second-order valence-electron chi connectivity index (χ2n) is 8.44. The van der Waals surface area contributed by atoms with Crippen LogP contribution in [-0.2, 0) is 6.54 Å². The molecule has 1 amide bonds. The van der Waals surface area contributed by atoms with Crippen LogP contribution in [0.25, 0.3) is 0 Å². The number of piperidine rings is 1. The van der Waals surface area contributed by atoms with E-state index in [1.807, 2.05) is 43.7 Å². The van der Waals surface area contributed by atoms with Crippen molar-refractivity contribution in [2.45, 2.75) is 25.3 Å². The zero-order valence-corrected chi connectivity index (χ0v) is 20.8. The smallest absolute Gasteiger partial charge is 0.273 e. The van der Waals surface area contributed by atoms with Crippen LogP contribution in [0.15, 0.2) is 52.5 Å². The monoisotopic (exact) mass is 483 g/mol. The number of carbonyl (C=O) groups is 1. The van der Waals surface area contributed by atoms with Crippen molar-refractivity contribution in [1.29, 1.82) is 0 Å². The summed E-state index contributed by atoms with van der Waals surface area (Å²) in [5, 5.41) is 7.00. The van der Waals surface area contributed by atoms with Crippen LogP contribution in [0, 0.1) is 0 Å². The zero-order chi connectivity index (χ0) is 23.4. The molecule has 0 aliphatic carbocycles. The number of nitrogens with one attached hydrogen (secondary N) is 1. The lowest BCUT2D eigenvalue weighted by molar-refractivity contribution is 0.0770. The fourth-order valence-electron chi connectivity index (χ4n) is 3.85. The highest BCUT2D eigenvalue weighted by molar-refractivity contribution is 7.80. The largest absolute Gasteiger partial charge is 0.467 e. The van der Waals surface area contributed by atoms with E-state index in [9.17, 15) is 4.79 Å². The molecule has 1 aromatic carbocycles. The van der Waals surface area contributed by atoms with Crippen molar-refractivity contribution in [2.75, 3.05) is 44.4 Å². The van der Waals surface area contributed by atoms with Gasteiger partial charge in [-0.15, -0.1) is 11.3 Å². The Balaban J connectivity index is 1.28. The van der Waals surface area contributed by atoms with Gasteiger partial charge in [0.15, 0.2) is 5.11 Å². The number of thiazole rings is 1. The number of carbonyl (C=O) groups excluding carboxylic acids is 1. The van der Waals surface area contributed by atoms with Crippen LogP contribution in [0.3, 0.4) is 0 Å². The SMILES string of the molecule is CN(Cc1ccco1)C(=O)c1csc(C2CCN(C(=S)Nc3ccc(N(C)C)cc3)CC2)n1. The summed E-state index contributed by atoms with van der Waals surface area (Å²) >= 11 is 7.22. The summed E-state index contributed by atoms with van der Waals surface area (Å²) in [6, 6.07) is 11.9. The fraction of sp³-hybridized carbons (Fsp3) is 0.375. The number of amides is 1. The van der Waals surface area contributed by atoms with Gasteiger partial charge < -0.3 is 24.4 Å². The summed E-state index contributed by atoms with van der Waals surface area (Å²) in [5.74, 6) is 1.02. The van der Waals surface area contributed by atoms with E-state index in [1.165, 1.54) is 0 Å². The molecule has 1 N–H and O–H groups in total. The lowest BCUT2D eigenvalue weighted by Crippen LogP contribution is -2.40. The molecule has 0 saturated carbocycles. The van der Waals surface area contributed by atoms with Crippen LogP contribution >= 0.6 is 23.6 Å². The number of hydrogen-bond donors (Lipinski definition) is 1. The van der Waals surface area contributed by atoms with Gasteiger partial charge in [-0.2, -0.15) is 0 Å². The van der Waals surface area contributed by atoms with Gasteiger partial charge in [0.1, 0.15) is 11.5 Å². The summed E-state index contributed by atoms with van der Waals surface area (Å²) in [6.07, 6.45) is 3.54. The predicted molar refractivity (Wildman–Crippen MR) is 137 cm³/mol. The van der Waals surface area contributed by atoms with Gasteiger partial charge in [0.05, 0.1) is 17.8 Å². The molecule has 7 nitrogen and oxygen atoms in total. The van der Waals surface area contributed by atoms with Crippen molar-refractivity contribution in [3.63, 3.8) is 0 Å². The number of furan rings is 1. The highest BCUT2D eigenvalue weighted by atomic mass is 32.1. The maximum Gasteiger partial charge on any atom is 0.273 e. The molecule has 2 aromatic heterocycles. The van der Waals surface area contributed by atoms with E-state index >= 15 is 0 Å². The van der Waals surface area contributed by atoms with Crippen molar-refractivity contribution in [2.24, 2.45) is 0 Å². The quantitative estimate of drug-likeness (QED) is 0.512. The van der Waals surface area contributed by atoms with Crippen LogP contribution in [0.5, 0.6) is 0 Å². The molecule has 0 spiro atoms. The van der Waals surface area contributed by atoms with Gasteiger partial charge in [-0.25, -0.2) is 4.98 Å². The number of hydrogen-bond acceptors (Lipinski definition) is 6. The second kappa shape index (κ2) is 10.4. The van der Waals surface area contributed by atoms with Crippen LogP contribution < -0.4 is 10.2 Å². The topological polar surface area (TPSA) is 64.9 Å². The molecule has 9 heteroatoms. The van der Waals surface area contributed by atoms with Crippen molar-refractivity contribution >= 4 is 45.9 Å². The Labute approximate surface area is 204 Å². The molecule has 1 aliphatic rings. The molecule has 0 bridgehead atoms. The van der Waals surface area contributed by atoms with E-state index in [2.05, 4.69) is 32.2 Å². The average molecular weight is 484 g/mol. The van der Waals surface area contributed by atoms with E-state index in [1.54, 1.807) is 29.5 Å². The highest BCUT2D eigenvalue weighted by Gasteiger charge is 2.26. The van der Waals surface area contributed by atoms with Crippen LogP contribution in [-0.4, -0.2) is 60.0 Å². The standard InChI is InChI=1S/C24H29N5O2S2/c1-27(2)19-8-6-18(7-9-19)25-24(32)29-12-10-17(11-13-29)22-26-21(16-33-22)23(30)28(3)15-20-5-4-14-31-20/h4-9,14,16-17H,10-13,15H2,1-3H3,(H,25,32). The Bertz CT molecular complexity index is 1070. The normalized spacial score (nSPS) is 14.2. The molecule has 1 saturated heterocycles. The maximum atomic E-state index is 12.7. The van der Waals surface area contributed by atoms with Gasteiger partial charge in [0, 0.05) is 56.9 Å². The minimum Gasteiger partial charge on any atom is -0.467 e. The van der Waals surface area contributed by atoms with Crippen molar-refractivity contribution in [1.82, 2.24) is 14.8 Å². The first-order valence-electron chi connectivity index (χ1n) is 11.0. The number of benzene rings is 1. The van der Waals surface area contributed by atoms with E-state index in [0.717, 1.165) is 53.2 Å². The van der Waals surface area contributed by atoms with E-state index in [4.69, 9.17) is 16.6 Å². The first-order valence-corrected chi connectivity index (χ1v) is 12.3. The van der Waals surface area contributed by atoms with Crippen LogP contribution in [0.2, 0.25) is 0 Å². The second-order valence-corrected chi connectivity index (χ2v) is 9.72. The molecule has 1 fully saturated rings. The number of anilines is 2. The third-order valence-electron chi connectivity index (χ3n) is 5.83. The van der Waals surface area contributed by atoms with E-state index < -0.39 is 0 Å². The molecule has 3 aromatic rings. The summed E-state index contributed by atoms with van der Waals surface area (Å²) in [4.78, 5) is 23.3. The van der Waals surface area contributed by atoms with Crippen molar-refractivity contribution < 1.29 is 9.21 Å². The predicted octanol–water partition coefficient (Wildman–Crippen LogP) is 4.65. The Kier molecular flexibility index (Phi) is 7.29. The van der Waals surface area contributed by atoms with E-state index in [-0.39, 0.29) is 5.91 Å².